The molecule has 2 N–H and O–H groups in total. The van der Waals surface area contributed by atoms with E-state index in [1.165, 1.54) is 5.56 Å². The summed E-state index contributed by atoms with van der Waals surface area (Å²) < 4.78 is 5.36. The number of rotatable bonds is 7. The minimum absolute atomic E-state index is 0.0890. The van der Waals surface area contributed by atoms with E-state index in [-0.39, 0.29) is 5.71 Å². The average Bonchev–Trinajstić information content (AvgIpc) is 2.68. The molecule has 6 nitrogen and oxygen atoms in total. The molecule has 0 saturated carbocycles. The quantitative estimate of drug-likeness (QED) is 0.564. The monoisotopic (exact) mass is 387 g/mol. The van der Waals surface area contributed by atoms with E-state index in [2.05, 4.69) is 15.4 Å². The van der Waals surface area contributed by atoms with Gasteiger partial charge in [-0.05, 0) is 36.2 Å². The number of carboxylic acids is 1. The second kappa shape index (κ2) is 9.50. The number of anilines is 1. The molecule has 0 spiro atoms. The third kappa shape index (κ3) is 5.79. The average molecular weight is 388 g/mol. The summed E-state index contributed by atoms with van der Waals surface area (Å²) in [6.45, 7) is 4.58. The third-order valence-corrected chi connectivity index (χ3v) is 4.61. The summed E-state index contributed by atoms with van der Waals surface area (Å²) in [6.07, 6.45) is 0.965. The first-order chi connectivity index (χ1) is 13.1. The van der Waals surface area contributed by atoms with Crippen molar-refractivity contribution in [3.05, 3.63) is 64.7 Å². The Hall–Kier alpha value is -2.41. The maximum Gasteiger partial charge on any atom is 0.356 e. The number of nitrogens with one attached hydrogen (secondary N) is 1. The molecule has 0 aromatic heterocycles. The second-order valence-corrected chi connectivity index (χ2v) is 6.73. The van der Waals surface area contributed by atoms with Gasteiger partial charge < -0.3 is 9.84 Å². The number of halogens is 1. The van der Waals surface area contributed by atoms with Gasteiger partial charge in [0, 0.05) is 30.2 Å². The number of nitrogens with zero attached hydrogens (tertiary/aromatic N) is 2. The molecule has 1 saturated heterocycles. The van der Waals surface area contributed by atoms with Gasteiger partial charge >= 0.3 is 5.97 Å². The molecule has 1 aliphatic heterocycles. The molecule has 27 heavy (non-hydrogen) atoms. The molecule has 1 aliphatic rings. The first kappa shape index (κ1) is 19.4. The van der Waals surface area contributed by atoms with Gasteiger partial charge in [0.25, 0.3) is 0 Å². The molecule has 0 bridgehead atoms. The fourth-order valence-electron chi connectivity index (χ4n) is 2.85. The molecule has 3 rings (SSSR count). The Morgan fingerprint density at radius 2 is 1.93 bits per heavy atom. The Bertz CT molecular complexity index is 802. The molecule has 0 amide bonds. The van der Waals surface area contributed by atoms with E-state index in [0.717, 1.165) is 45.0 Å². The minimum atomic E-state index is -1.12. The standard InChI is InChI=1S/C20H22ClN3O3/c21-17-3-1-2-16(14-17)19(20(25)26)23-22-18-6-4-15(5-7-18)8-9-24-10-12-27-13-11-24/h1-7,14,22H,8-13H2,(H,25,26)/b23-19-. The highest BCUT2D eigenvalue weighted by Gasteiger charge is 2.13. The van der Waals surface area contributed by atoms with Crippen molar-refractivity contribution < 1.29 is 14.6 Å². The van der Waals surface area contributed by atoms with Crippen molar-refractivity contribution in [2.45, 2.75) is 6.42 Å². The zero-order valence-corrected chi connectivity index (χ0v) is 15.7. The fraction of sp³-hybridized carbons (Fsp3) is 0.300. The first-order valence-corrected chi connectivity index (χ1v) is 9.21. The number of hydrazone groups is 1. The van der Waals surface area contributed by atoms with Crippen LogP contribution in [0.4, 0.5) is 5.69 Å². The van der Waals surface area contributed by atoms with Crippen LogP contribution in [0, 0.1) is 0 Å². The summed E-state index contributed by atoms with van der Waals surface area (Å²) in [5, 5.41) is 13.9. The van der Waals surface area contributed by atoms with E-state index < -0.39 is 5.97 Å². The number of benzene rings is 2. The van der Waals surface area contributed by atoms with Gasteiger partial charge in [0.1, 0.15) is 0 Å². The molecular formula is C20H22ClN3O3. The van der Waals surface area contributed by atoms with Crippen LogP contribution in [0.5, 0.6) is 0 Å². The van der Waals surface area contributed by atoms with Crippen molar-refractivity contribution in [1.82, 2.24) is 4.90 Å². The van der Waals surface area contributed by atoms with Crippen LogP contribution in [-0.4, -0.2) is 54.5 Å². The SMILES string of the molecule is O=C(O)/C(=N\Nc1ccc(CCN2CCOCC2)cc1)c1cccc(Cl)c1. The predicted molar refractivity (Wildman–Crippen MR) is 107 cm³/mol. The third-order valence-electron chi connectivity index (χ3n) is 4.37. The number of carboxylic acid groups (broad SMARTS) is 1. The topological polar surface area (TPSA) is 74.2 Å². The van der Waals surface area contributed by atoms with Crippen LogP contribution in [0.25, 0.3) is 0 Å². The van der Waals surface area contributed by atoms with E-state index in [4.69, 9.17) is 16.3 Å². The Labute approximate surface area is 163 Å². The summed E-state index contributed by atoms with van der Waals surface area (Å²) in [7, 11) is 0. The van der Waals surface area contributed by atoms with E-state index in [0.29, 0.717) is 10.6 Å². The zero-order chi connectivity index (χ0) is 19.1. The van der Waals surface area contributed by atoms with Crippen molar-refractivity contribution in [2.24, 2.45) is 5.10 Å². The van der Waals surface area contributed by atoms with Crippen molar-refractivity contribution in [3.8, 4) is 0 Å². The molecule has 0 atom stereocenters. The molecule has 142 valence electrons. The Morgan fingerprint density at radius 3 is 2.59 bits per heavy atom. The van der Waals surface area contributed by atoms with Gasteiger partial charge in [-0.1, -0.05) is 35.9 Å². The molecule has 0 unspecified atom stereocenters. The minimum Gasteiger partial charge on any atom is -0.476 e. The maximum absolute atomic E-state index is 11.5. The summed E-state index contributed by atoms with van der Waals surface area (Å²) in [4.78, 5) is 13.9. The Morgan fingerprint density at radius 1 is 1.19 bits per heavy atom. The van der Waals surface area contributed by atoms with Crippen molar-refractivity contribution in [1.29, 1.82) is 0 Å². The van der Waals surface area contributed by atoms with Crippen LogP contribution in [0.15, 0.2) is 53.6 Å². The van der Waals surface area contributed by atoms with E-state index in [1.807, 2.05) is 24.3 Å². The van der Waals surface area contributed by atoms with Gasteiger partial charge in [0.05, 0.1) is 18.9 Å². The van der Waals surface area contributed by atoms with Crippen LogP contribution in [0.1, 0.15) is 11.1 Å². The molecule has 0 aliphatic carbocycles. The van der Waals surface area contributed by atoms with Crippen molar-refractivity contribution in [3.63, 3.8) is 0 Å². The van der Waals surface area contributed by atoms with E-state index in [1.54, 1.807) is 24.3 Å². The first-order valence-electron chi connectivity index (χ1n) is 8.84. The van der Waals surface area contributed by atoms with Gasteiger partial charge in [-0.25, -0.2) is 4.79 Å². The molecule has 2 aromatic rings. The summed E-state index contributed by atoms with van der Waals surface area (Å²) in [5.41, 5.74) is 5.13. The van der Waals surface area contributed by atoms with Gasteiger partial charge in [-0.3, -0.25) is 10.3 Å². The highest BCUT2D eigenvalue weighted by molar-refractivity contribution is 6.43. The van der Waals surface area contributed by atoms with Gasteiger partial charge in [-0.2, -0.15) is 5.10 Å². The normalized spacial score (nSPS) is 15.5. The molecule has 7 heteroatoms. The predicted octanol–water partition coefficient (Wildman–Crippen LogP) is 3.12. The lowest BCUT2D eigenvalue weighted by Gasteiger charge is -2.26. The lowest BCUT2D eigenvalue weighted by Crippen LogP contribution is -2.37. The maximum atomic E-state index is 11.5. The van der Waals surface area contributed by atoms with Crippen molar-refractivity contribution >= 4 is 29.0 Å². The fourth-order valence-corrected chi connectivity index (χ4v) is 3.04. The van der Waals surface area contributed by atoms with E-state index in [9.17, 15) is 9.90 Å². The molecule has 1 fully saturated rings. The molecule has 2 aromatic carbocycles. The smallest absolute Gasteiger partial charge is 0.356 e. The number of hydrogen-bond acceptors (Lipinski definition) is 5. The van der Waals surface area contributed by atoms with Crippen LogP contribution < -0.4 is 5.43 Å². The molecule has 1 heterocycles. The van der Waals surface area contributed by atoms with Gasteiger partial charge in [0.15, 0.2) is 5.71 Å². The lowest BCUT2D eigenvalue weighted by atomic mass is 10.1. The van der Waals surface area contributed by atoms with E-state index >= 15 is 0 Å². The van der Waals surface area contributed by atoms with Crippen LogP contribution in [-0.2, 0) is 16.0 Å². The van der Waals surface area contributed by atoms with Crippen LogP contribution >= 0.6 is 11.6 Å². The van der Waals surface area contributed by atoms with Crippen LogP contribution in [0.3, 0.4) is 0 Å². The molecule has 0 radical (unpaired) electrons. The lowest BCUT2D eigenvalue weighted by molar-refractivity contribution is -0.129. The highest BCUT2D eigenvalue weighted by Crippen LogP contribution is 2.14. The largest absolute Gasteiger partial charge is 0.476 e. The number of morpholine rings is 1. The Kier molecular flexibility index (Phi) is 6.81. The summed E-state index contributed by atoms with van der Waals surface area (Å²) >= 11 is 5.94. The summed E-state index contributed by atoms with van der Waals surface area (Å²) in [6, 6.07) is 14.5. The molecular weight excluding hydrogens is 366 g/mol. The number of ether oxygens (including phenoxy) is 1. The number of hydrogen-bond donors (Lipinski definition) is 2. The number of aliphatic carboxylic acids is 1. The Balaban J connectivity index is 1.60. The van der Waals surface area contributed by atoms with Crippen LogP contribution in [0.2, 0.25) is 5.02 Å². The van der Waals surface area contributed by atoms with Gasteiger partial charge in [0.2, 0.25) is 0 Å². The highest BCUT2D eigenvalue weighted by atomic mass is 35.5. The number of carbonyl (C=O) groups is 1. The van der Waals surface area contributed by atoms with Gasteiger partial charge in [-0.15, -0.1) is 0 Å². The zero-order valence-electron chi connectivity index (χ0n) is 14.9. The second-order valence-electron chi connectivity index (χ2n) is 6.29. The summed E-state index contributed by atoms with van der Waals surface area (Å²) in [5.74, 6) is -1.12. The van der Waals surface area contributed by atoms with Crippen molar-refractivity contribution in [2.75, 3.05) is 38.3 Å².